The molecular weight excluding hydrogens is 407 g/mol. The van der Waals surface area contributed by atoms with Crippen LogP contribution in [0.3, 0.4) is 0 Å². The fourth-order valence-electron chi connectivity index (χ4n) is 2.52. The number of nitrogens with zero attached hydrogens (tertiary/aromatic N) is 2. The van der Waals surface area contributed by atoms with Crippen LogP contribution in [0.4, 0.5) is 4.39 Å². The van der Waals surface area contributed by atoms with Gasteiger partial charge < -0.3 is 14.0 Å². The smallest absolute Gasteiger partial charge is 0.335 e. The van der Waals surface area contributed by atoms with Crippen molar-refractivity contribution in [2.75, 3.05) is 7.11 Å². The second-order valence-corrected chi connectivity index (χ2v) is 6.74. The van der Waals surface area contributed by atoms with Crippen LogP contribution in [0, 0.1) is 12.7 Å². The summed E-state index contributed by atoms with van der Waals surface area (Å²) in [5.41, 5.74) is -1.42. The van der Waals surface area contributed by atoms with Gasteiger partial charge in [-0.1, -0.05) is 11.6 Å². The highest BCUT2D eigenvalue weighted by atomic mass is 35.5. The normalized spacial score (nSPS) is 11.8. The first-order chi connectivity index (χ1) is 13.6. The summed E-state index contributed by atoms with van der Waals surface area (Å²) in [6.07, 6.45) is -1.23. The number of rotatable bonds is 7. The number of aryl methyl sites for hydroxylation is 1. The number of Topliss-reactive ketones (excluding diaryl/α,β-unsaturated/α-hetero) is 1. The predicted octanol–water partition coefficient (Wildman–Crippen LogP) is 1.93. The van der Waals surface area contributed by atoms with Crippen molar-refractivity contribution in [2.24, 2.45) is 7.05 Å². The van der Waals surface area contributed by atoms with Crippen LogP contribution in [0.2, 0.25) is 5.02 Å². The number of esters is 1. The molecule has 0 N–H and O–H groups in total. The van der Waals surface area contributed by atoms with Crippen LogP contribution < -0.4 is 16.0 Å². The van der Waals surface area contributed by atoms with Crippen LogP contribution >= 0.6 is 11.6 Å². The van der Waals surface area contributed by atoms with Crippen molar-refractivity contribution in [3.8, 4) is 11.4 Å². The van der Waals surface area contributed by atoms with Gasteiger partial charge in [0.1, 0.15) is 11.6 Å². The Bertz CT molecular complexity index is 1080. The molecule has 10 heteroatoms. The van der Waals surface area contributed by atoms with Gasteiger partial charge >= 0.3 is 11.7 Å². The van der Waals surface area contributed by atoms with Gasteiger partial charge in [0.05, 0.1) is 24.2 Å². The molecule has 0 aliphatic rings. The number of hydrogen-bond donors (Lipinski definition) is 0. The molecular formula is C19H20ClFN2O6. The Hall–Kier alpha value is -2.94. The molecule has 1 heterocycles. The molecule has 0 aliphatic heterocycles. The maximum Gasteiger partial charge on any atom is 0.335 e. The average molecular weight is 427 g/mol. The van der Waals surface area contributed by atoms with Gasteiger partial charge in [-0.15, -0.1) is 0 Å². The number of ketones is 1. The number of halogens is 2. The molecule has 1 unspecified atom stereocenters. The third kappa shape index (κ3) is 4.92. The van der Waals surface area contributed by atoms with Crippen molar-refractivity contribution < 1.29 is 23.5 Å². The van der Waals surface area contributed by atoms with Gasteiger partial charge in [-0.2, -0.15) is 0 Å². The summed E-state index contributed by atoms with van der Waals surface area (Å²) < 4.78 is 26.3. The summed E-state index contributed by atoms with van der Waals surface area (Å²) in [5.74, 6) is -1.94. The summed E-state index contributed by atoms with van der Waals surface area (Å²) in [6, 6.07) is 3.17. The number of carbonyl (C=O) groups excluding carboxylic acids is 2. The monoisotopic (exact) mass is 426 g/mol. The first-order valence-electron chi connectivity index (χ1n) is 8.62. The highest BCUT2D eigenvalue weighted by Crippen LogP contribution is 2.30. The van der Waals surface area contributed by atoms with Crippen molar-refractivity contribution in [1.82, 2.24) is 9.13 Å². The third-order valence-electron chi connectivity index (χ3n) is 4.36. The topological polar surface area (TPSA) is 96.6 Å². The van der Waals surface area contributed by atoms with Gasteiger partial charge in [0, 0.05) is 31.3 Å². The molecule has 0 fully saturated rings. The lowest BCUT2D eigenvalue weighted by molar-refractivity contribution is -0.142. The van der Waals surface area contributed by atoms with E-state index in [9.17, 15) is 23.6 Å². The summed E-state index contributed by atoms with van der Waals surface area (Å²) in [7, 11) is 2.66. The van der Waals surface area contributed by atoms with E-state index >= 15 is 0 Å². The van der Waals surface area contributed by atoms with E-state index in [0.717, 1.165) is 12.1 Å². The van der Waals surface area contributed by atoms with Gasteiger partial charge in [-0.3, -0.25) is 14.4 Å². The van der Waals surface area contributed by atoms with Crippen LogP contribution in [0.5, 0.6) is 5.75 Å². The highest BCUT2D eigenvalue weighted by molar-refractivity contribution is 6.32. The van der Waals surface area contributed by atoms with Gasteiger partial charge in [-0.05, 0) is 19.9 Å². The summed E-state index contributed by atoms with van der Waals surface area (Å²) in [4.78, 5) is 48.0. The standard InChI is InChI=1S/C19H20ClFN2O6/c1-10-7-17(25)23(19(27)22(10)3)14-9-16(12(20)8-13(14)21)29-11(2)15(24)5-6-18(26)28-4/h7-9,11H,5-6H2,1-4H3. The Labute approximate surface area is 170 Å². The molecule has 156 valence electrons. The second-order valence-electron chi connectivity index (χ2n) is 6.34. The number of benzene rings is 1. The van der Waals surface area contributed by atoms with Crippen LogP contribution in [-0.4, -0.2) is 34.1 Å². The molecule has 2 aromatic rings. The SMILES string of the molecule is COC(=O)CCC(=O)C(C)Oc1cc(-n2c(=O)cc(C)n(C)c2=O)c(F)cc1Cl. The Morgan fingerprint density at radius 2 is 1.86 bits per heavy atom. The maximum atomic E-state index is 14.5. The fraction of sp³-hybridized carbons (Fsp3) is 0.368. The van der Waals surface area contributed by atoms with Gasteiger partial charge in [0.2, 0.25) is 0 Å². The predicted molar refractivity (Wildman–Crippen MR) is 103 cm³/mol. The molecule has 2 rings (SSSR count). The molecule has 0 radical (unpaired) electrons. The number of aromatic nitrogens is 2. The quantitative estimate of drug-likeness (QED) is 0.627. The first-order valence-corrected chi connectivity index (χ1v) is 9.00. The number of methoxy groups -OCH3 is 1. The second kappa shape index (κ2) is 9.04. The van der Waals surface area contributed by atoms with E-state index in [2.05, 4.69) is 4.74 Å². The average Bonchev–Trinajstić information content (AvgIpc) is 2.67. The Morgan fingerprint density at radius 1 is 1.21 bits per heavy atom. The Balaban J connectivity index is 2.40. The largest absolute Gasteiger partial charge is 0.481 e. The molecule has 0 bridgehead atoms. The van der Waals surface area contributed by atoms with E-state index in [1.54, 1.807) is 6.92 Å². The molecule has 0 saturated heterocycles. The molecule has 1 aromatic carbocycles. The van der Waals surface area contributed by atoms with E-state index in [1.807, 2.05) is 0 Å². The molecule has 1 atom stereocenters. The van der Waals surface area contributed by atoms with E-state index in [0.29, 0.717) is 10.3 Å². The van der Waals surface area contributed by atoms with Crippen molar-refractivity contribution in [1.29, 1.82) is 0 Å². The van der Waals surface area contributed by atoms with Gasteiger partial charge in [0.25, 0.3) is 5.56 Å². The zero-order chi connectivity index (χ0) is 21.9. The molecule has 0 amide bonds. The molecule has 8 nitrogen and oxygen atoms in total. The first kappa shape index (κ1) is 22.4. The molecule has 0 spiro atoms. The van der Waals surface area contributed by atoms with Gasteiger partial charge in [-0.25, -0.2) is 13.8 Å². The van der Waals surface area contributed by atoms with E-state index in [-0.39, 0.29) is 29.3 Å². The summed E-state index contributed by atoms with van der Waals surface area (Å²) in [6.45, 7) is 3.01. The van der Waals surface area contributed by atoms with Crippen molar-refractivity contribution in [3.63, 3.8) is 0 Å². The zero-order valence-electron chi connectivity index (χ0n) is 16.3. The summed E-state index contributed by atoms with van der Waals surface area (Å²) >= 11 is 6.00. The minimum absolute atomic E-state index is 0.0866. The van der Waals surface area contributed by atoms with E-state index in [4.69, 9.17) is 16.3 Å². The van der Waals surface area contributed by atoms with Crippen molar-refractivity contribution in [3.05, 3.63) is 55.6 Å². The van der Waals surface area contributed by atoms with Crippen molar-refractivity contribution >= 4 is 23.4 Å². The lowest BCUT2D eigenvalue weighted by Gasteiger charge is -2.17. The molecule has 0 saturated carbocycles. The zero-order valence-corrected chi connectivity index (χ0v) is 17.1. The lowest BCUT2D eigenvalue weighted by atomic mass is 10.1. The third-order valence-corrected chi connectivity index (χ3v) is 4.66. The maximum absolute atomic E-state index is 14.5. The minimum atomic E-state index is -1.01. The molecule has 0 aliphatic carbocycles. The van der Waals surface area contributed by atoms with Gasteiger partial charge in [0.15, 0.2) is 11.9 Å². The van der Waals surface area contributed by atoms with E-state index in [1.165, 1.54) is 31.7 Å². The van der Waals surface area contributed by atoms with Crippen LogP contribution in [-0.2, 0) is 21.4 Å². The Kier molecular flexibility index (Phi) is 6.97. The van der Waals surface area contributed by atoms with Crippen LogP contribution in [0.1, 0.15) is 25.5 Å². The molecule has 1 aromatic heterocycles. The number of carbonyl (C=O) groups is 2. The molecule has 29 heavy (non-hydrogen) atoms. The number of hydrogen-bond acceptors (Lipinski definition) is 6. The van der Waals surface area contributed by atoms with Crippen molar-refractivity contribution in [2.45, 2.75) is 32.8 Å². The van der Waals surface area contributed by atoms with Crippen LogP contribution in [0.15, 0.2) is 27.8 Å². The van der Waals surface area contributed by atoms with E-state index < -0.39 is 34.9 Å². The van der Waals surface area contributed by atoms with Crippen LogP contribution in [0.25, 0.3) is 5.69 Å². The summed E-state index contributed by atoms with van der Waals surface area (Å²) in [5, 5.41) is -0.143. The number of ether oxygens (including phenoxy) is 2. The Morgan fingerprint density at radius 3 is 2.48 bits per heavy atom. The minimum Gasteiger partial charge on any atom is -0.481 e. The fourth-order valence-corrected chi connectivity index (χ4v) is 2.72. The lowest BCUT2D eigenvalue weighted by Crippen LogP contribution is -2.38. The highest BCUT2D eigenvalue weighted by Gasteiger charge is 2.21.